The largest absolute Gasteiger partial charge is 0.454 e. The number of aryl methyl sites for hydroxylation is 2. The van der Waals surface area contributed by atoms with Gasteiger partial charge < -0.3 is 18.4 Å². The van der Waals surface area contributed by atoms with Crippen molar-refractivity contribution in [1.82, 2.24) is 20.3 Å². The number of ether oxygens (including phenoxy) is 2. The second-order valence-electron chi connectivity index (χ2n) is 6.56. The Kier molecular flexibility index (Phi) is 3.82. The summed E-state index contributed by atoms with van der Waals surface area (Å²) in [5, 5.41) is 12.2. The third kappa shape index (κ3) is 2.98. The topological polar surface area (TPSA) is 96.3 Å². The molecule has 4 aromatic rings. The Morgan fingerprint density at radius 1 is 0.857 bits per heavy atom. The Bertz CT molecular complexity index is 1160. The van der Waals surface area contributed by atoms with Gasteiger partial charge in [-0.3, -0.25) is 0 Å². The van der Waals surface area contributed by atoms with Crippen LogP contribution in [0.4, 0.5) is 0 Å². The van der Waals surface area contributed by atoms with E-state index in [2.05, 4.69) is 27.3 Å². The molecule has 0 radical (unpaired) electrons. The van der Waals surface area contributed by atoms with Crippen molar-refractivity contribution in [2.45, 2.75) is 20.3 Å². The molecule has 2 aromatic carbocycles. The molecule has 1 aliphatic heterocycles. The third-order valence-electron chi connectivity index (χ3n) is 4.62. The quantitative estimate of drug-likeness (QED) is 0.532. The number of hydrogen-bond donors (Lipinski definition) is 0. The number of rotatable bonds is 4. The second-order valence-corrected chi connectivity index (χ2v) is 6.56. The Morgan fingerprint density at radius 2 is 1.71 bits per heavy atom. The summed E-state index contributed by atoms with van der Waals surface area (Å²) in [5.74, 6) is 3.10. The number of nitrogens with zero attached hydrogens (tertiary/aromatic N) is 4. The predicted octanol–water partition coefficient (Wildman–Crippen LogP) is 3.72. The van der Waals surface area contributed by atoms with E-state index in [0.29, 0.717) is 35.0 Å². The van der Waals surface area contributed by atoms with E-state index in [1.54, 1.807) is 0 Å². The standard InChI is InChI=1S/C20H16N4O4/c1-11-3-4-14(7-12(11)2)20-23-22-18(27-20)9-17-21-19(24-28-17)13-5-6-15-16(8-13)26-10-25-15/h3-8H,9-10H2,1-2H3. The molecule has 0 fully saturated rings. The minimum Gasteiger partial charge on any atom is -0.454 e. The van der Waals surface area contributed by atoms with Crippen molar-refractivity contribution in [1.29, 1.82) is 0 Å². The Labute approximate surface area is 160 Å². The molecule has 0 aliphatic carbocycles. The molecule has 0 N–H and O–H groups in total. The van der Waals surface area contributed by atoms with Crippen molar-refractivity contribution in [3.05, 3.63) is 59.3 Å². The van der Waals surface area contributed by atoms with Gasteiger partial charge in [-0.1, -0.05) is 11.2 Å². The minimum atomic E-state index is 0.219. The molecule has 5 rings (SSSR count). The molecule has 8 heteroatoms. The zero-order valence-electron chi connectivity index (χ0n) is 15.3. The molecular formula is C20H16N4O4. The van der Waals surface area contributed by atoms with E-state index in [9.17, 15) is 0 Å². The van der Waals surface area contributed by atoms with Crippen molar-refractivity contribution in [3.8, 4) is 34.3 Å². The van der Waals surface area contributed by atoms with E-state index >= 15 is 0 Å². The van der Waals surface area contributed by atoms with E-state index < -0.39 is 0 Å². The van der Waals surface area contributed by atoms with E-state index in [1.807, 2.05) is 43.3 Å². The first-order valence-corrected chi connectivity index (χ1v) is 8.78. The molecule has 0 atom stereocenters. The smallest absolute Gasteiger partial charge is 0.247 e. The molecule has 0 saturated carbocycles. The van der Waals surface area contributed by atoms with Crippen molar-refractivity contribution in [2.75, 3.05) is 6.79 Å². The lowest BCUT2D eigenvalue weighted by molar-refractivity contribution is 0.174. The van der Waals surface area contributed by atoms with E-state index in [0.717, 1.165) is 11.1 Å². The summed E-state index contributed by atoms with van der Waals surface area (Å²) in [6.45, 7) is 4.33. The molecule has 3 heterocycles. The highest BCUT2D eigenvalue weighted by Crippen LogP contribution is 2.35. The SMILES string of the molecule is Cc1ccc(-c2nnc(Cc3nc(-c4ccc5c(c4)OCO5)no3)o2)cc1C. The van der Waals surface area contributed by atoms with E-state index in [-0.39, 0.29) is 13.2 Å². The molecule has 0 bridgehead atoms. The van der Waals surface area contributed by atoms with Crippen molar-refractivity contribution < 1.29 is 18.4 Å². The zero-order valence-corrected chi connectivity index (χ0v) is 15.3. The lowest BCUT2D eigenvalue weighted by Gasteiger charge is -2.00. The van der Waals surface area contributed by atoms with Gasteiger partial charge in [-0.05, 0) is 55.3 Å². The maximum atomic E-state index is 5.76. The van der Waals surface area contributed by atoms with E-state index in [4.69, 9.17) is 18.4 Å². The van der Waals surface area contributed by atoms with Crippen LogP contribution in [0.3, 0.4) is 0 Å². The minimum absolute atomic E-state index is 0.219. The van der Waals surface area contributed by atoms with Crippen LogP contribution in [0.5, 0.6) is 11.5 Å². The Balaban J connectivity index is 1.35. The Morgan fingerprint density at radius 3 is 2.61 bits per heavy atom. The van der Waals surface area contributed by atoms with Gasteiger partial charge in [0, 0.05) is 11.1 Å². The van der Waals surface area contributed by atoms with Crippen LogP contribution in [0.1, 0.15) is 22.9 Å². The first kappa shape index (κ1) is 16.5. The van der Waals surface area contributed by atoms with Gasteiger partial charge in [-0.2, -0.15) is 4.98 Å². The van der Waals surface area contributed by atoms with Crippen LogP contribution < -0.4 is 9.47 Å². The van der Waals surface area contributed by atoms with Crippen LogP contribution in [0.15, 0.2) is 45.3 Å². The molecule has 140 valence electrons. The van der Waals surface area contributed by atoms with Gasteiger partial charge in [0.05, 0.1) is 0 Å². The lowest BCUT2D eigenvalue weighted by Crippen LogP contribution is -1.92. The fourth-order valence-electron chi connectivity index (χ4n) is 2.93. The van der Waals surface area contributed by atoms with Gasteiger partial charge in [0.15, 0.2) is 11.5 Å². The van der Waals surface area contributed by atoms with Crippen LogP contribution in [-0.4, -0.2) is 27.1 Å². The number of aromatic nitrogens is 4. The van der Waals surface area contributed by atoms with Gasteiger partial charge in [0.1, 0.15) is 6.42 Å². The molecular weight excluding hydrogens is 360 g/mol. The van der Waals surface area contributed by atoms with Crippen molar-refractivity contribution in [3.63, 3.8) is 0 Å². The van der Waals surface area contributed by atoms with Crippen LogP contribution in [0.2, 0.25) is 0 Å². The maximum absolute atomic E-state index is 5.76. The fourth-order valence-corrected chi connectivity index (χ4v) is 2.93. The third-order valence-corrected chi connectivity index (χ3v) is 4.62. The first-order chi connectivity index (χ1) is 13.7. The molecule has 1 aliphatic rings. The van der Waals surface area contributed by atoms with Crippen molar-refractivity contribution >= 4 is 0 Å². The molecule has 2 aromatic heterocycles. The molecule has 0 saturated heterocycles. The molecule has 28 heavy (non-hydrogen) atoms. The highest BCUT2D eigenvalue weighted by molar-refractivity contribution is 5.61. The molecule has 8 nitrogen and oxygen atoms in total. The van der Waals surface area contributed by atoms with Gasteiger partial charge in [0.2, 0.25) is 30.3 Å². The van der Waals surface area contributed by atoms with Crippen LogP contribution in [0.25, 0.3) is 22.8 Å². The number of hydrogen-bond acceptors (Lipinski definition) is 8. The van der Waals surface area contributed by atoms with Crippen LogP contribution in [0, 0.1) is 13.8 Å². The lowest BCUT2D eigenvalue weighted by atomic mass is 10.1. The van der Waals surface area contributed by atoms with Crippen molar-refractivity contribution in [2.24, 2.45) is 0 Å². The summed E-state index contributed by atoms with van der Waals surface area (Å²) < 4.78 is 21.8. The zero-order chi connectivity index (χ0) is 19.1. The highest BCUT2D eigenvalue weighted by Gasteiger charge is 2.18. The summed E-state index contributed by atoms with van der Waals surface area (Å²) in [7, 11) is 0. The fraction of sp³-hybridized carbons (Fsp3) is 0.200. The molecule has 0 unspecified atom stereocenters. The average molecular weight is 376 g/mol. The molecule has 0 amide bonds. The second kappa shape index (κ2) is 6.49. The Hall–Kier alpha value is -3.68. The van der Waals surface area contributed by atoms with E-state index in [1.165, 1.54) is 11.1 Å². The first-order valence-electron chi connectivity index (χ1n) is 8.78. The summed E-state index contributed by atoms with van der Waals surface area (Å²) in [6.07, 6.45) is 0.259. The van der Waals surface area contributed by atoms with Gasteiger partial charge in [-0.25, -0.2) is 0 Å². The average Bonchev–Trinajstić information content (AvgIpc) is 3.44. The summed E-state index contributed by atoms with van der Waals surface area (Å²) >= 11 is 0. The highest BCUT2D eigenvalue weighted by atomic mass is 16.7. The summed E-state index contributed by atoms with van der Waals surface area (Å²) in [6, 6.07) is 11.5. The van der Waals surface area contributed by atoms with Gasteiger partial charge in [0.25, 0.3) is 0 Å². The summed E-state index contributed by atoms with van der Waals surface area (Å²) in [4.78, 5) is 4.41. The van der Waals surface area contributed by atoms with Crippen LogP contribution >= 0.6 is 0 Å². The normalized spacial score (nSPS) is 12.5. The van der Waals surface area contributed by atoms with Crippen LogP contribution in [-0.2, 0) is 6.42 Å². The monoisotopic (exact) mass is 376 g/mol. The molecule has 0 spiro atoms. The number of fused-ring (bicyclic) bond motifs is 1. The van der Waals surface area contributed by atoms with Gasteiger partial charge >= 0.3 is 0 Å². The predicted molar refractivity (Wildman–Crippen MR) is 97.9 cm³/mol. The summed E-state index contributed by atoms with van der Waals surface area (Å²) in [5.41, 5.74) is 4.04. The van der Waals surface area contributed by atoms with Gasteiger partial charge in [-0.15, -0.1) is 10.2 Å². The maximum Gasteiger partial charge on any atom is 0.247 e. The number of benzene rings is 2.